The number of anilines is 1. The molecule has 142 valence electrons. The second-order valence-corrected chi connectivity index (χ2v) is 8.81. The fraction of sp³-hybridized carbons (Fsp3) is 0.263. The van der Waals surface area contributed by atoms with Gasteiger partial charge in [0, 0.05) is 18.4 Å². The Morgan fingerprint density at radius 1 is 1.22 bits per heavy atom. The number of carbonyl (C=O) groups excluding carboxylic acids is 1. The molecule has 1 heterocycles. The molecule has 2 N–H and O–H groups in total. The molecule has 0 fully saturated rings. The van der Waals surface area contributed by atoms with Crippen LogP contribution >= 0.6 is 11.6 Å². The second-order valence-electron chi connectivity index (χ2n) is 6.39. The maximum atomic E-state index is 12.6. The quantitative estimate of drug-likeness (QED) is 0.642. The number of carbonyl (C=O) groups is 1. The van der Waals surface area contributed by atoms with Crippen molar-refractivity contribution < 1.29 is 13.2 Å². The van der Waals surface area contributed by atoms with Crippen LogP contribution in [0.3, 0.4) is 0 Å². The van der Waals surface area contributed by atoms with E-state index in [0.29, 0.717) is 5.69 Å². The fourth-order valence-corrected chi connectivity index (χ4v) is 3.56. The normalized spacial score (nSPS) is 11.7. The Balaban J connectivity index is 1.85. The lowest BCUT2D eigenvalue weighted by atomic mass is 10.2. The predicted octanol–water partition coefficient (Wildman–Crippen LogP) is 4.21. The molecule has 0 radical (unpaired) electrons. The molecule has 0 bridgehead atoms. The third-order valence-corrected chi connectivity index (χ3v) is 5.61. The average molecular weight is 406 g/mol. The van der Waals surface area contributed by atoms with Crippen molar-refractivity contribution in [3.63, 3.8) is 0 Å². The molecule has 0 saturated carbocycles. The molecule has 1 amide bonds. The summed E-state index contributed by atoms with van der Waals surface area (Å²) in [5.74, 6) is 0.440. The molecular weight excluding hydrogens is 386 g/mol. The summed E-state index contributed by atoms with van der Waals surface area (Å²) in [6, 6.07) is 9.44. The van der Waals surface area contributed by atoms with Crippen LogP contribution in [0.5, 0.6) is 0 Å². The smallest absolute Gasteiger partial charge is 0.257 e. The molecule has 0 atom stereocenters. The van der Waals surface area contributed by atoms with Crippen molar-refractivity contribution in [3.8, 4) is 0 Å². The zero-order chi connectivity index (χ0) is 19.6. The Hall–Kier alpha value is -2.38. The highest BCUT2D eigenvalue weighted by Gasteiger charge is 2.16. The second kappa shape index (κ2) is 7.70. The first-order valence-corrected chi connectivity index (χ1v) is 10.8. The summed E-state index contributed by atoms with van der Waals surface area (Å²) in [6.45, 7) is 2.13. The number of nitrogens with one attached hydrogen (secondary N) is 2. The van der Waals surface area contributed by atoms with Gasteiger partial charge in [0.25, 0.3) is 5.91 Å². The molecule has 0 saturated heterocycles. The van der Waals surface area contributed by atoms with Gasteiger partial charge in [-0.1, -0.05) is 24.9 Å². The highest BCUT2D eigenvalue weighted by Crippen LogP contribution is 2.23. The summed E-state index contributed by atoms with van der Waals surface area (Å²) in [5.41, 5.74) is 2.33. The first-order chi connectivity index (χ1) is 12.8. The number of aromatic nitrogens is 2. The third-order valence-electron chi connectivity index (χ3n) is 4.17. The van der Waals surface area contributed by atoms with E-state index in [4.69, 9.17) is 11.6 Å². The molecule has 3 rings (SSSR count). The van der Waals surface area contributed by atoms with Gasteiger partial charge in [-0.15, -0.1) is 0 Å². The molecule has 0 spiro atoms. The van der Waals surface area contributed by atoms with Gasteiger partial charge in [0.2, 0.25) is 0 Å². The summed E-state index contributed by atoms with van der Waals surface area (Å²) in [4.78, 5) is 20.4. The summed E-state index contributed by atoms with van der Waals surface area (Å²) in [5, 5.41) is 2.94. The largest absolute Gasteiger partial charge is 0.342 e. The van der Waals surface area contributed by atoms with E-state index < -0.39 is 15.7 Å². The van der Waals surface area contributed by atoms with Crippen LogP contribution in [0.2, 0.25) is 5.02 Å². The number of sulfone groups is 1. The van der Waals surface area contributed by atoms with Crippen LogP contribution in [0.1, 0.15) is 35.9 Å². The Labute approximate surface area is 162 Å². The first-order valence-electron chi connectivity index (χ1n) is 8.57. The van der Waals surface area contributed by atoms with Gasteiger partial charge >= 0.3 is 0 Å². The Morgan fingerprint density at radius 2 is 2.00 bits per heavy atom. The summed E-state index contributed by atoms with van der Waals surface area (Å²) in [6.07, 6.45) is 4.10. The van der Waals surface area contributed by atoms with Gasteiger partial charge in [-0.05, 0) is 42.8 Å². The Kier molecular flexibility index (Phi) is 5.53. The van der Waals surface area contributed by atoms with Crippen LogP contribution in [-0.4, -0.2) is 30.5 Å². The Morgan fingerprint density at radius 3 is 2.70 bits per heavy atom. The van der Waals surface area contributed by atoms with Gasteiger partial charge in [0.05, 0.1) is 26.5 Å². The number of hydrogen-bond acceptors (Lipinski definition) is 4. The standard InChI is InChI=1S/C19H20ClN3O3S/c1-3-4-5-18-22-16-9-6-12(10-17(16)23-18)21-19(24)14-11-13(27(2,25)26)7-8-15(14)20/h6-11H,3-5H2,1-2H3,(H,21,24)(H,22,23). The van der Waals surface area contributed by atoms with E-state index in [1.165, 1.54) is 18.2 Å². The van der Waals surface area contributed by atoms with Crippen molar-refractivity contribution >= 4 is 44.1 Å². The average Bonchev–Trinajstić information content (AvgIpc) is 3.01. The molecule has 0 aliphatic heterocycles. The van der Waals surface area contributed by atoms with Gasteiger partial charge in [-0.3, -0.25) is 4.79 Å². The van der Waals surface area contributed by atoms with Crippen LogP contribution < -0.4 is 5.32 Å². The summed E-state index contributed by atoms with van der Waals surface area (Å²) in [7, 11) is -3.43. The van der Waals surface area contributed by atoms with E-state index >= 15 is 0 Å². The molecular formula is C19H20ClN3O3S. The monoisotopic (exact) mass is 405 g/mol. The highest BCUT2D eigenvalue weighted by atomic mass is 35.5. The van der Waals surface area contributed by atoms with Crippen LogP contribution in [0.25, 0.3) is 11.0 Å². The number of aryl methyl sites for hydroxylation is 1. The zero-order valence-corrected chi connectivity index (χ0v) is 16.6. The molecule has 27 heavy (non-hydrogen) atoms. The van der Waals surface area contributed by atoms with Crippen molar-refractivity contribution in [2.75, 3.05) is 11.6 Å². The van der Waals surface area contributed by atoms with E-state index in [2.05, 4.69) is 22.2 Å². The third kappa shape index (κ3) is 4.48. The fourth-order valence-electron chi connectivity index (χ4n) is 2.71. The summed E-state index contributed by atoms with van der Waals surface area (Å²) < 4.78 is 23.4. The van der Waals surface area contributed by atoms with Crippen molar-refractivity contribution in [3.05, 3.63) is 52.8 Å². The molecule has 0 unspecified atom stereocenters. The lowest BCUT2D eigenvalue weighted by Gasteiger charge is -2.08. The van der Waals surface area contributed by atoms with Gasteiger partial charge in [-0.25, -0.2) is 13.4 Å². The van der Waals surface area contributed by atoms with Crippen LogP contribution in [0.4, 0.5) is 5.69 Å². The van der Waals surface area contributed by atoms with Gasteiger partial charge < -0.3 is 10.3 Å². The van der Waals surface area contributed by atoms with Crippen LogP contribution in [-0.2, 0) is 16.3 Å². The zero-order valence-electron chi connectivity index (χ0n) is 15.0. The number of aromatic amines is 1. The number of hydrogen-bond donors (Lipinski definition) is 2. The van der Waals surface area contributed by atoms with E-state index in [9.17, 15) is 13.2 Å². The molecule has 3 aromatic rings. The number of imidazole rings is 1. The number of nitrogens with zero attached hydrogens (tertiary/aromatic N) is 1. The highest BCUT2D eigenvalue weighted by molar-refractivity contribution is 7.90. The molecule has 1 aromatic heterocycles. The van der Waals surface area contributed by atoms with Crippen molar-refractivity contribution in [2.24, 2.45) is 0 Å². The van der Waals surface area contributed by atoms with Gasteiger partial charge in [0.15, 0.2) is 9.84 Å². The lowest BCUT2D eigenvalue weighted by molar-refractivity contribution is 0.102. The number of H-pyrrole nitrogens is 1. The number of amides is 1. The molecule has 0 aliphatic rings. The molecule has 0 aliphatic carbocycles. The predicted molar refractivity (Wildman–Crippen MR) is 107 cm³/mol. The number of halogens is 1. The number of rotatable bonds is 6. The van der Waals surface area contributed by atoms with Crippen molar-refractivity contribution in [1.29, 1.82) is 0 Å². The van der Waals surface area contributed by atoms with E-state index in [1.54, 1.807) is 12.1 Å². The van der Waals surface area contributed by atoms with E-state index in [-0.39, 0.29) is 15.5 Å². The maximum absolute atomic E-state index is 12.6. The molecule has 2 aromatic carbocycles. The Bertz CT molecular complexity index is 1110. The minimum atomic E-state index is -3.43. The minimum absolute atomic E-state index is 0.0432. The number of benzene rings is 2. The van der Waals surface area contributed by atoms with Crippen molar-refractivity contribution in [1.82, 2.24) is 9.97 Å². The molecule has 6 nitrogen and oxygen atoms in total. The maximum Gasteiger partial charge on any atom is 0.257 e. The topological polar surface area (TPSA) is 91.9 Å². The SMILES string of the molecule is CCCCc1nc2ccc(NC(=O)c3cc(S(C)(=O)=O)ccc3Cl)cc2[nH]1. The van der Waals surface area contributed by atoms with E-state index in [1.807, 2.05) is 6.07 Å². The van der Waals surface area contributed by atoms with Crippen LogP contribution in [0.15, 0.2) is 41.3 Å². The number of fused-ring (bicyclic) bond motifs is 1. The first kappa shape index (κ1) is 19.4. The van der Waals surface area contributed by atoms with Gasteiger partial charge in [-0.2, -0.15) is 0 Å². The van der Waals surface area contributed by atoms with Crippen molar-refractivity contribution in [2.45, 2.75) is 31.1 Å². The lowest BCUT2D eigenvalue weighted by Crippen LogP contribution is -2.13. The van der Waals surface area contributed by atoms with E-state index in [0.717, 1.165) is 42.4 Å². The minimum Gasteiger partial charge on any atom is -0.342 e. The summed E-state index contributed by atoms with van der Waals surface area (Å²) >= 11 is 6.08. The van der Waals surface area contributed by atoms with Gasteiger partial charge in [0.1, 0.15) is 5.82 Å². The van der Waals surface area contributed by atoms with Crippen LogP contribution in [0, 0.1) is 0 Å². The number of unbranched alkanes of at least 4 members (excludes halogenated alkanes) is 1. The molecule has 8 heteroatoms.